The fourth-order valence-electron chi connectivity index (χ4n) is 3.90. The van der Waals surface area contributed by atoms with E-state index in [2.05, 4.69) is 16.3 Å². The SMILES string of the molecule is Cn1c(CC2CCS(=O)(=O)C2)nnc1SCC(=O)c1ccc2c(c1)CCC2. The van der Waals surface area contributed by atoms with Gasteiger partial charge >= 0.3 is 0 Å². The fourth-order valence-corrected chi connectivity index (χ4v) is 6.58. The number of ketones is 1. The number of carbonyl (C=O) groups is 1. The molecule has 144 valence electrons. The molecular formula is C19H23N3O3S2. The maximum Gasteiger partial charge on any atom is 0.191 e. The molecule has 0 saturated carbocycles. The van der Waals surface area contributed by atoms with Gasteiger partial charge in [-0.2, -0.15) is 0 Å². The van der Waals surface area contributed by atoms with Gasteiger partial charge in [0.05, 0.1) is 17.3 Å². The predicted octanol–water partition coefficient (Wildman–Crippen LogP) is 2.26. The molecule has 2 aliphatic rings. The van der Waals surface area contributed by atoms with E-state index in [4.69, 9.17) is 0 Å². The first-order valence-corrected chi connectivity index (χ1v) is 12.1. The van der Waals surface area contributed by atoms with Crippen molar-refractivity contribution in [1.82, 2.24) is 14.8 Å². The van der Waals surface area contributed by atoms with Gasteiger partial charge in [0.15, 0.2) is 20.8 Å². The van der Waals surface area contributed by atoms with E-state index in [1.54, 1.807) is 0 Å². The summed E-state index contributed by atoms with van der Waals surface area (Å²) in [4.78, 5) is 12.5. The second-order valence-electron chi connectivity index (χ2n) is 7.48. The minimum Gasteiger partial charge on any atom is -0.309 e. The number of aryl methyl sites for hydroxylation is 2. The van der Waals surface area contributed by atoms with Crippen molar-refractivity contribution >= 4 is 27.4 Å². The van der Waals surface area contributed by atoms with Gasteiger partial charge in [-0.25, -0.2) is 8.42 Å². The minimum absolute atomic E-state index is 0.0983. The molecule has 0 amide bonds. The Hall–Kier alpha value is -1.67. The van der Waals surface area contributed by atoms with Crippen LogP contribution < -0.4 is 0 Å². The van der Waals surface area contributed by atoms with E-state index >= 15 is 0 Å². The zero-order valence-electron chi connectivity index (χ0n) is 15.3. The van der Waals surface area contributed by atoms with Crippen LogP contribution in [0.1, 0.15) is 40.2 Å². The second-order valence-corrected chi connectivity index (χ2v) is 10.7. The van der Waals surface area contributed by atoms with Crippen molar-refractivity contribution in [2.75, 3.05) is 17.3 Å². The molecule has 0 bridgehead atoms. The molecule has 4 rings (SSSR count). The predicted molar refractivity (Wildman–Crippen MR) is 105 cm³/mol. The summed E-state index contributed by atoms with van der Waals surface area (Å²) in [5.41, 5.74) is 3.44. The van der Waals surface area contributed by atoms with Crippen LogP contribution in [0.4, 0.5) is 0 Å². The lowest BCUT2D eigenvalue weighted by Gasteiger charge is -2.08. The fraction of sp³-hybridized carbons (Fsp3) is 0.526. The second kappa shape index (κ2) is 7.39. The first kappa shape index (κ1) is 18.7. The van der Waals surface area contributed by atoms with Gasteiger partial charge in [0.1, 0.15) is 5.82 Å². The van der Waals surface area contributed by atoms with E-state index in [0.717, 1.165) is 24.2 Å². The van der Waals surface area contributed by atoms with Crippen molar-refractivity contribution < 1.29 is 13.2 Å². The van der Waals surface area contributed by atoms with Crippen molar-refractivity contribution in [2.24, 2.45) is 13.0 Å². The molecule has 1 aliphatic carbocycles. The summed E-state index contributed by atoms with van der Waals surface area (Å²) in [6.45, 7) is 0. The summed E-state index contributed by atoms with van der Waals surface area (Å²) in [5, 5.41) is 9.10. The average Bonchev–Trinajstić information content (AvgIpc) is 3.33. The molecule has 0 N–H and O–H groups in total. The van der Waals surface area contributed by atoms with E-state index in [1.165, 1.54) is 29.3 Å². The van der Waals surface area contributed by atoms with Crippen molar-refractivity contribution in [1.29, 1.82) is 0 Å². The van der Waals surface area contributed by atoms with Crippen LogP contribution in [0, 0.1) is 5.92 Å². The number of fused-ring (bicyclic) bond motifs is 1. The maximum atomic E-state index is 12.5. The van der Waals surface area contributed by atoms with Gasteiger partial charge in [0.25, 0.3) is 0 Å². The molecule has 1 atom stereocenters. The smallest absolute Gasteiger partial charge is 0.191 e. The largest absolute Gasteiger partial charge is 0.309 e. The normalized spacial score (nSPS) is 20.7. The lowest BCUT2D eigenvalue weighted by molar-refractivity contribution is 0.102. The monoisotopic (exact) mass is 405 g/mol. The Morgan fingerprint density at radius 1 is 1.26 bits per heavy atom. The maximum absolute atomic E-state index is 12.5. The lowest BCUT2D eigenvalue weighted by Crippen LogP contribution is -2.11. The third-order valence-corrected chi connectivity index (χ3v) is 8.33. The Morgan fingerprint density at radius 2 is 2.07 bits per heavy atom. The summed E-state index contributed by atoms with van der Waals surface area (Å²) in [5.74, 6) is 1.82. The Morgan fingerprint density at radius 3 is 2.85 bits per heavy atom. The van der Waals surface area contributed by atoms with Crippen LogP contribution in [-0.4, -0.2) is 46.2 Å². The van der Waals surface area contributed by atoms with Crippen LogP contribution in [-0.2, 0) is 36.1 Å². The number of carbonyl (C=O) groups excluding carboxylic acids is 1. The summed E-state index contributed by atoms with van der Waals surface area (Å²) in [7, 11) is -1.01. The van der Waals surface area contributed by atoms with Crippen LogP contribution in [0.25, 0.3) is 0 Å². The molecule has 0 spiro atoms. The number of Topliss-reactive ketones (excluding diaryl/α,β-unsaturated/α-hetero) is 1. The third-order valence-electron chi connectivity index (χ3n) is 5.48. The zero-order chi connectivity index (χ0) is 19.0. The topological polar surface area (TPSA) is 81.9 Å². The summed E-state index contributed by atoms with van der Waals surface area (Å²) in [6.07, 6.45) is 4.65. The quantitative estimate of drug-likeness (QED) is 0.542. The van der Waals surface area contributed by atoms with Crippen LogP contribution in [0.2, 0.25) is 0 Å². The first-order chi connectivity index (χ1) is 12.9. The van der Waals surface area contributed by atoms with E-state index in [1.807, 2.05) is 23.7 Å². The molecule has 6 nitrogen and oxygen atoms in total. The number of benzene rings is 1. The number of hydrogen-bond acceptors (Lipinski definition) is 6. The van der Waals surface area contributed by atoms with E-state index < -0.39 is 9.84 Å². The number of hydrogen-bond donors (Lipinski definition) is 0. The Balaban J connectivity index is 1.37. The van der Waals surface area contributed by atoms with Gasteiger partial charge in [-0.3, -0.25) is 4.79 Å². The van der Waals surface area contributed by atoms with Crippen LogP contribution in [0.15, 0.2) is 23.4 Å². The van der Waals surface area contributed by atoms with Crippen molar-refractivity contribution in [3.05, 3.63) is 40.7 Å². The number of thioether (sulfide) groups is 1. The summed E-state index contributed by atoms with van der Waals surface area (Å²) in [6, 6.07) is 6.04. The molecule has 1 unspecified atom stereocenters. The summed E-state index contributed by atoms with van der Waals surface area (Å²) >= 11 is 1.38. The number of rotatable bonds is 6. The van der Waals surface area contributed by atoms with Gasteiger partial charge in [0.2, 0.25) is 0 Å². The first-order valence-electron chi connectivity index (χ1n) is 9.28. The molecule has 1 fully saturated rings. The van der Waals surface area contributed by atoms with Crippen LogP contribution in [0.5, 0.6) is 0 Å². The zero-order valence-corrected chi connectivity index (χ0v) is 17.0. The standard InChI is InChI=1S/C19H23N3O3S2/c1-22-18(9-13-7-8-27(24,25)12-13)20-21-19(22)26-11-17(23)16-6-5-14-3-2-4-15(14)10-16/h5-6,10,13H,2-4,7-9,11-12H2,1H3. The van der Waals surface area contributed by atoms with Crippen molar-refractivity contribution in [2.45, 2.75) is 37.3 Å². The minimum atomic E-state index is -2.89. The average molecular weight is 406 g/mol. The molecule has 2 heterocycles. The van der Waals surface area contributed by atoms with Gasteiger partial charge in [-0.05, 0) is 48.8 Å². The highest BCUT2D eigenvalue weighted by Gasteiger charge is 2.29. The molecular weight excluding hydrogens is 382 g/mol. The van der Waals surface area contributed by atoms with Crippen LogP contribution >= 0.6 is 11.8 Å². The highest BCUT2D eigenvalue weighted by Crippen LogP contribution is 2.26. The number of aromatic nitrogens is 3. The Kier molecular flexibility index (Phi) is 5.11. The summed E-state index contributed by atoms with van der Waals surface area (Å²) < 4.78 is 25.1. The Labute approximate surface area is 163 Å². The van der Waals surface area contributed by atoms with Gasteiger partial charge in [0, 0.05) is 19.0 Å². The molecule has 1 aromatic carbocycles. The van der Waals surface area contributed by atoms with Gasteiger partial charge in [-0.15, -0.1) is 10.2 Å². The van der Waals surface area contributed by atoms with Gasteiger partial charge < -0.3 is 4.57 Å². The van der Waals surface area contributed by atoms with Crippen molar-refractivity contribution in [3.8, 4) is 0 Å². The van der Waals surface area contributed by atoms with E-state index in [-0.39, 0.29) is 23.2 Å². The van der Waals surface area contributed by atoms with E-state index in [9.17, 15) is 13.2 Å². The van der Waals surface area contributed by atoms with Crippen LogP contribution in [0.3, 0.4) is 0 Å². The van der Waals surface area contributed by atoms with E-state index in [0.29, 0.717) is 23.8 Å². The molecule has 1 aliphatic heterocycles. The molecule has 0 radical (unpaired) electrons. The third kappa shape index (κ3) is 4.11. The highest BCUT2D eigenvalue weighted by molar-refractivity contribution is 7.99. The Bertz CT molecular complexity index is 982. The highest BCUT2D eigenvalue weighted by atomic mass is 32.2. The number of sulfone groups is 1. The lowest BCUT2D eigenvalue weighted by atomic mass is 10.0. The number of nitrogens with zero attached hydrogens (tertiary/aromatic N) is 3. The molecule has 1 aromatic heterocycles. The molecule has 27 heavy (non-hydrogen) atoms. The molecule has 1 saturated heterocycles. The van der Waals surface area contributed by atoms with Gasteiger partial charge in [-0.1, -0.05) is 23.9 Å². The molecule has 2 aromatic rings. The molecule has 8 heteroatoms. The van der Waals surface area contributed by atoms with Crippen molar-refractivity contribution in [3.63, 3.8) is 0 Å².